The SMILES string of the molecule is CCN(CC(C)(C)O)C(=O)C1CNC(=O)C1. The van der Waals surface area contributed by atoms with E-state index in [1.807, 2.05) is 6.92 Å². The fourth-order valence-electron chi connectivity index (χ4n) is 1.85. The summed E-state index contributed by atoms with van der Waals surface area (Å²) in [5.41, 5.74) is -0.901. The van der Waals surface area contributed by atoms with Crippen LogP contribution in [-0.2, 0) is 9.59 Å². The predicted octanol–water partition coefficient (Wildman–Crippen LogP) is -0.258. The zero-order valence-electron chi connectivity index (χ0n) is 10.1. The van der Waals surface area contributed by atoms with E-state index in [1.54, 1.807) is 18.7 Å². The van der Waals surface area contributed by atoms with Crippen molar-refractivity contribution in [3.8, 4) is 0 Å². The minimum atomic E-state index is -0.901. The van der Waals surface area contributed by atoms with Crippen LogP contribution in [0.15, 0.2) is 0 Å². The molecule has 2 N–H and O–H groups in total. The van der Waals surface area contributed by atoms with E-state index in [4.69, 9.17) is 0 Å². The van der Waals surface area contributed by atoms with Gasteiger partial charge in [-0.05, 0) is 20.8 Å². The lowest BCUT2D eigenvalue weighted by atomic mass is 10.0. The predicted molar refractivity (Wildman–Crippen MR) is 59.7 cm³/mol. The average Bonchev–Trinajstić information content (AvgIpc) is 2.58. The molecule has 1 rings (SSSR count). The first-order valence-corrected chi connectivity index (χ1v) is 5.61. The molecule has 1 aliphatic heterocycles. The molecule has 0 aromatic heterocycles. The van der Waals surface area contributed by atoms with Gasteiger partial charge in [0.25, 0.3) is 0 Å². The highest BCUT2D eigenvalue weighted by Crippen LogP contribution is 2.15. The van der Waals surface area contributed by atoms with Crippen molar-refractivity contribution in [2.24, 2.45) is 5.92 Å². The first-order chi connectivity index (χ1) is 7.33. The Balaban J connectivity index is 2.59. The summed E-state index contributed by atoms with van der Waals surface area (Å²) < 4.78 is 0. The maximum atomic E-state index is 12.0. The largest absolute Gasteiger partial charge is 0.389 e. The van der Waals surface area contributed by atoms with Crippen molar-refractivity contribution in [2.45, 2.75) is 32.8 Å². The molecule has 0 aliphatic carbocycles. The lowest BCUT2D eigenvalue weighted by Gasteiger charge is -2.29. The van der Waals surface area contributed by atoms with Gasteiger partial charge in [0.2, 0.25) is 11.8 Å². The van der Waals surface area contributed by atoms with Gasteiger partial charge in [0.1, 0.15) is 0 Å². The number of nitrogens with one attached hydrogen (secondary N) is 1. The molecule has 1 fully saturated rings. The summed E-state index contributed by atoms with van der Waals surface area (Å²) in [7, 11) is 0. The van der Waals surface area contributed by atoms with Gasteiger partial charge in [-0.1, -0.05) is 0 Å². The summed E-state index contributed by atoms with van der Waals surface area (Å²) >= 11 is 0. The summed E-state index contributed by atoms with van der Waals surface area (Å²) in [6, 6.07) is 0. The molecular weight excluding hydrogens is 208 g/mol. The molecule has 92 valence electrons. The third-order valence-corrected chi connectivity index (χ3v) is 2.60. The van der Waals surface area contributed by atoms with Crippen molar-refractivity contribution < 1.29 is 14.7 Å². The van der Waals surface area contributed by atoms with Crippen LogP contribution in [0.5, 0.6) is 0 Å². The molecule has 16 heavy (non-hydrogen) atoms. The van der Waals surface area contributed by atoms with E-state index < -0.39 is 5.60 Å². The van der Waals surface area contributed by atoms with Crippen LogP contribution in [-0.4, -0.2) is 47.1 Å². The van der Waals surface area contributed by atoms with Crippen LogP contribution in [0, 0.1) is 5.92 Å². The van der Waals surface area contributed by atoms with Gasteiger partial charge in [0, 0.05) is 26.1 Å². The second-order valence-electron chi connectivity index (χ2n) is 4.87. The monoisotopic (exact) mass is 228 g/mol. The molecule has 0 bridgehead atoms. The van der Waals surface area contributed by atoms with Crippen molar-refractivity contribution in [1.29, 1.82) is 0 Å². The van der Waals surface area contributed by atoms with Crippen molar-refractivity contribution in [2.75, 3.05) is 19.6 Å². The van der Waals surface area contributed by atoms with Crippen LogP contribution >= 0.6 is 0 Å². The van der Waals surface area contributed by atoms with E-state index in [0.717, 1.165) is 0 Å². The molecular formula is C11H20N2O3. The average molecular weight is 228 g/mol. The Hall–Kier alpha value is -1.10. The molecule has 1 atom stereocenters. The highest BCUT2D eigenvalue weighted by Gasteiger charge is 2.32. The lowest BCUT2D eigenvalue weighted by molar-refractivity contribution is -0.138. The number of hydrogen-bond donors (Lipinski definition) is 2. The second-order valence-corrected chi connectivity index (χ2v) is 4.87. The molecule has 1 heterocycles. The van der Waals surface area contributed by atoms with Crippen molar-refractivity contribution >= 4 is 11.8 Å². The molecule has 5 nitrogen and oxygen atoms in total. The zero-order chi connectivity index (χ0) is 12.3. The van der Waals surface area contributed by atoms with Crippen LogP contribution < -0.4 is 5.32 Å². The standard InChI is InChI=1S/C11H20N2O3/c1-4-13(7-11(2,3)16)10(15)8-5-9(14)12-6-8/h8,16H,4-7H2,1-3H3,(H,12,14). The van der Waals surface area contributed by atoms with Crippen LogP contribution in [0.25, 0.3) is 0 Å². The van der Waals surface area contributed by atoms with Crippen molar-refractivity contribution in [3.63, 3.8) is 0 Å². The van der Waals surface area contributed by atoms with Crippen LogP contribution in [0.2, 0.25) is 0 Å². The van der Waals surface area contributed by atoms with Gasteiger partial charge in [0.05, 0.1) is 11.5 Å². The number of rotatable bonds is 4. The quantitative estimate of drug-likeness (QED) is 0.696. The number of aliphatic hydroxyl groups is 1. The number of nitrogens with zero attached hydrogens (tertiary/aromatic N) is 1. The Morgan fingerprint density at radius 2 is 2.25 bits per heavy atom. The zero-order valence-corrected chi connectivity index (χ0v) is 10.1. The van der Waals surface area contributed by atoms with Gasteiger partial charge in [-0.25, -0.2) is 0 Å². The minimum Gasteiger partial charge on any atom is -0.389 e. The van der Waals surface area contributed by atoms with Crippen LogP contribution in [0.1, 0.15) is 27.2 Å². The fourth-order valence-corrected chi connectivity index (χ4v) is 1.85. The Kier molecular flexibility index (Phi) is 3.91. The molecule has 5 heteroatoms. The summed E-state index contributed by atoms with van der Waals surface area (Å²) in [4.78, 5) is 24.6. The van der Waals surface area contributed by atoms with E-state index in [2.05, 4.69) is 5.32 Å². The summed E-state index contributed by atoms with van der Waals surface area (Å²) in [6.07, 6.45) is 0.265. The molecule has 0 aromatic carbocycles. The van der Waals surface area contributed by atoms with E-state index in [0.29, 0.717) is 19.6 Å². The lowest BCUT2D eigenvalue weighted by Crippen LogP contribution is -2.45. The Morgan fingerprint density at radius 3 is 2.62 bits per heavy atom. The van der Waals surface area contributed by atoms with Gasteiger partial charge in [0.15, 0.2) is 0 Å². The maximum Gasteiger partial charge on any atom is 0.228 e. The van der Waals surface area contributed by atoms with Crippen LogP contribution in [0.4, 0.5) is 0 Å². The second kappa shape index (κ2) is 4.82. The molecule has 2 amide bonds. The smallest absolute Gasteiger partial charge is 0.228 e. The molecule has 0 spiro atoms. The minimum absolute atomic E-state index is 0.0528. The highest BCUT2D eigenvalue weighted by molar-refractivity contribution is 5.89. The Morgan fingerprint density at radius 1 is 1.62 bits per heavy atom. The van der Waals surface area contributed by atoms with Gasteiger partial charge < -0.3 is 15.3 Å². The molecule has 0 radical (unpaired) electrons. The van der Waals surface area contributed by atoms with Gasteiger partial charge >= 0.3 is 0 Å². The molecule has 0 aromatic rings. The van der Waals surface area contributed by atoms with E-state index in [-0.39, 0.29) is 24.2 Å². The first-order valence-electron chi connectivity index (χ1n) is 5.61. The summed E-state index contributed by atoms with van der Waals surface area (Å²) in [5.74, 6) is -0.393. The van der Waals surface area contributed by atoms with Crippen molar-refractivity contribution in [3.05, 3.63) is 0 Å². The molecule has 1 saturated heterocycles. The van der Waals surface area contributed by atoms with Gasteiger partial charge in [-0.2, -0.15) is 0 Å². The molecule has 1 aliphatic rings. The van der Waals surface area contributed by atoms with Crippen molar-refractivity contribution in [1.82, 2.24) is 10.2 Å². The normalized spacial score (nSPS) is 20.8. The Bertz CT molecular complexity index is 283. The van der Waals surface area contributed by atoms with E-state index in [1.165, 1.54) is 0 Å². The third-order valence-electron chi connectivity index (χ3n) is 2.60. The van der Waals surface area contributed by atoms with E-state index in [9.17, 15) is 14.7 Å². The van der Waals surface area contributed by atoms with E-state index >= 15 is 0 Å². The van der Waals surface area contributed by atoms with Gasteiger partial charge in [-0.15, -0.1) is 0 Å². The fraction of sp³-hybridized carbons (Fsp3) is 0.818. The number of hydrogen-bond acceptors (Lipinski definition) is 3. The first kappa shape index (κ1) is 13.0. The summed E-state index contributed by atoms with van der Waals surface area (Å²) in [6.45, 7) is 6.47. The van der Waals surface area contributed by atoms with Crippen LogP contribution in [0.3, 0.4) is 0 Å². The third kappa shape index (κ3) is 3.48. The number of amides is 2. The molecule has 1 unspecified atom stereocenters. The van der Waals surface area contributed by atoms with Gasteiger partial charge in [-0.3, -0.25) is 9.59 Å². The topological polar surface area (TPSA) is 69.6 Å². The number of carbonyl (C=O) groups is 2. The highest BCUT2D eigenvalue weighted by atomic mass is 16.3. The summed E-state index contributed by atoms with van der Waals surface area (Å²) in [5, 5.41) is 12.3. The number of likely N-dealkylation sites (N-methyl/N-ethyl adjacent to an activating group) is 1. The Labute approximate surface area is 95.8 Å². The molecule has 0 saturated carbocycles. The maximum absolute atomic E-state index is 12.0. The number of carbonyl (C=O) groups excluding carboxylic acids is 2.